The van der Waals surface area contributed by atoms with E-state index in [1.165, 1.54) is 41.7 Å². The van der Waals surface area contributed by atoms with Gasteiger partial charge in [0.2, 0.25) is 0 Å². The monoisotopic (exact) mass is 343 g/mol. The number of hydrogen-bond acceptors (Lipinski definition) is 3. The number of fused-ring (bicyclic) bond motifs is 3. The number of nitrogens with one attached hydrogen (secondary N) is 1. The Morgan fingerprint density at radius 3 is 2.65 bits per heavy atom. The molecule has 3 aliphatic rings. The van der Waals surface area contributed by atoms with E-state index in [0.29, 0.717) is 6.04 Å². The third-order valence-electron chi connectivity index (χ3n) is 3.99. The molecule has 3 saturated heterocycles. The van der Waals surface area contributed by atoms with Gasteiger partial charge < -0.3 is 16.0 Å². The van der Waals surface area contributed by atoms with Crippen molar-refractivity contribution in [1.29, 1.82) is 0 Å². The van der Waals surface area contributed by atoms with E-state index in [-0.39, 0.29) is 0 Å². The van der Waals surface area contributed by atoms with Crippen molar-refractivity contribution in [3.63, 3.8) is 0 Å². The van der Waals surface area contributed by atoms with Gasteiger partial charge in [0.15, 0.2) is 0 Å². The molecule has 0 amide bonds. The Morgan fingerprint density at radius 2 is 2.06 bits per heavy atom. The molecule has 3 nitrogen and oxygen atoms in total. The van der Waals surface area contributed by atoms with Gasteiger partial charge in [-0.15, -0.1) is 0 Å². The molecule has 2 bridgehead atoms. The molecule has 3 fully saturated rings. The summed E-state index contributed by atoms with van der Waals surface area (Å²) in [7, 11) is 0. The first-order chi connectivity index (χ1) is 8.22. The van der Waals surface area contributed by atoms with Crippen LogP contribution >= 0.6 is 22.6 Å². The van der Waals surface area contributed by atoms with Gasteiger partial charge in [0.1, 0.15) is 0 Å². The minimum atomic E-state index is 0.620. The van der Waals surface area contributed by atoms with Crippen LogP contribution in [0.3, 0.4) is 0 Å². The van der Waals surface area contributed by atoms with E-state index >= 15 is 0 Å². The van der Waals surface area contributed by atoms with Crippen LogP contribution in [0, 0.1) is 9.49 Å². The van der Waals surface area contributed by atoms with E-state index in [1.54, 1.807) is 0 Å². The van der Waals surface area contributed by atoms with Crippen LogP contribution in [-0.2, 0) is 0 Å². The number of nitrogen functional groups attached to an aromatic ring is 1. The Morgan fingerprint density at radius 1 is 1.29 bits per heavy atom. The Hall–Kier alpha value is -0.490. The zero-order valence-electron chi connectivity index (χ0n) is 9.82. The average molecular weight is 343 g/mol. The smallest absolute Gasteiger partial charge is 0.0480 e. The summed E-state index contributed by atoms with van der Waals surface area (Å²) >= 11 is 2.36. The summed E-state index contributed by atoms with van der Waals surface area (Å²) in [6.45, 7) is 3.79. The van der Waals surface area contributed by atoms with Crippen LogP contribution < -0.4 is 11.1 Å². The van der Waals surface area contributed by atoms with Crippen LogP contribution in [0.15, 0.2) is 18.2 Å². The summed E-state index contributed by atoms with van der Waals surface area (Å²) < 4.78 is 1.22. The molecular formula is C13H18IN3. The summed E-state index contributed by atoms with van der Waals surface area (Å²) in [4.78, 5) is 2.57. The highest BCUT2D eigenvalue weighted by Crippen LogP contribution is 2.31. The second kappa shape index (κ2) is 4.65. The fourth-order valence-corrected chi connectivity index (χ4v) is 3.67. The molecule has 0 saturated carbocycles. The van der Waals surface area contributed by atoms with Crippen molar-refractivity contribution in [3.8, 4) is 0 Å². The van der Waals surface area contributed by atoms with E-state index in [1.807, 2.05) is 12.1 Å². The molecular weight excluding hydrogens is 325 g/mol. The maximum atomic E-state index is 5.78. The molecule has 0 spiro atoms. The van der Waals surface area contributed by atoms with E-state index in [0.717, 1.165) is 11.6 Å². The molecule has 4 heteroatoms. The predicted octanol–water partition coefficient (Wildman–Crippen LogP) is 2.38. The van der Waals surface area contributed by atoms with Crippen LogP contribution in [0.2, 0.25) is 0 Å². The van der Waals surface area contributed by atoms with Crippen molar-refractivity contribution in [2.45, 2.75) is 18.9 Å². The lowest BCUT2D eigenvalue weighted by molar-refractivity contribution is 0.0975. The van der Waals surface area contributed by atoms with E-state index in [9.17, 15) is 0 Å². The van der Waals surface area contributed by atoms with Crippen LogP contribution in [0.4, 0.5) is 11.4 Å². The minimum Gasteiger partial charge on any atom is -0.399 e. The van der Waals surface area contributed by atoms with Crippen LogP contribution in [0.25, 0.3) is 0 Å². The van der Waals surface area contributed by atoms with Crippen molar-refractivity contribution in [2.24, 2.45) is 5.92 Å². The number of nitrogens with zero attached hydrogens (tertiary/aromatic N) is 1. The van der Waals surface area contributed by atoms with Gasteiger partial charge in [-0.05, 0) is 72.6 Å². The highest BCUT2D eigenvalue weighted by molar-refractivity contribution is 14.1. The van der Waals surface area contributed by atoms with Crippen LogP contribution in [0.1, 0.15) is 12.8 Å². The van der Waals surface area contributed by atoms with Gasteiger partial charge in [0, 0.05) is 27.5 Å². The first kappa shape index (κ1) is 11.6. The maximum Gasteiger partial charge on any atom is 0.0480 e. The molecule has 1 atom stereocenters. The number of anilines is 2. The minimum absolute atomic E-state index is 0.620. The summed E-state index contributed by atoms with van der Waals surface area (Å²) in [5.41, 5.74) is 7.86. The summed E-state index contributed by atoms with van der Waals surface area (Å²) in [5.74, 6) is 0.855. The number of hydrogen-bond donors (Lipinski definition) is 2. The lowest BCUT2D eigenvalue weighted by Crippen LogP contribution is -2.53. The average Bonchev–Trinajstić information content (AvgIpc) is 2.34. The zero-order valence-corrected chi connectivity index (χ0v) is 12.0. The fraction of sp³-hybridized carbons (Fsp3) is 0.538. The van der Waals surface area contributed by atoms with Gasteiger partial charge in [-0.1, -0.05) is 0 Å². The lowest BCUT2D eigenvalue weighted by atomic mass is 9.84. The molecule has 0 aromatic heterocycles. The van der Waals surface area contributed by atoms with E-state index in [4.69, 9.17) is 5.73 Å². The van der Waals surface area contributed by atoms with E-state index < -0.39 is 0 Å². The van der Waals surface area contributed by atoms with E-state index in [2.05, 4.69) is 38.9 Å². The highest BCUT2D eigenvalue weighted by Gasteiger charge is 2.34. The molecule has 4 rings (SSSR count). The Bertz CT molecular complexity index is 413. The molecule has 0 aliphatic carbocycles. The molecule has 17 heavy (non-hydrogen) atoms. The number of nitrogens with two attached hydrogens (primary N) is 1. The number of rotatable bonds is 2. The van der Waals surface area contributed by atoms with Gasteiger partial charge >= 0.3 is 0 Å². The van der Waals surface area contributed by atoms with Gasteiger partial charge in [-0.2, -0.15) is 0 Å². The second-order valence-corrected chi connectivity index (χ2v) is 6.29. The lowest BCUT2D eigenvalue weighted by Gasteiger charge is -2.45. The van der Waals surface area contributed by atoms with Crippen molar-refractivity contribution in [3.05, 3.63) is 21.8 Å². The van der Waals surface area contributed by atoms with Crippen molar-refractivity contribution in [2.75, 3.05) is 30.7 Å². The van der Waals surface area contributed by atoms with Crippen molar-refractivity contribution in [1.82, 2.24) is 4.90 Å². The quantitative estimate of drug-likeness (QED) is 0.640. The van der Waals surface area contributed by atoms with Gasteiger partial charge in [-0.3, -0.25) is 0 Å². The predicted molar refractivity (Wildman–Crippen MR) is 80.1 cm³/mol. The third kappa shape index (κ3) is 2.38. The largest absolute Gasteiger partial charge is 0.399 e. The molecule has 92 valence electrons. The number of halogens is 1. The summed E-state index contributed by atoms with van der Waals surface area (Å²) in [6, 6.07) is 6.74. The van der Waals surface area contributed by atoms with Gasteiger partial charge in [-0.25, -0.2) is 0 Å². The Kier molecular flexibility index (Phi) is 3.17. The molecule has 1 unspecified atom stereocenters. The van der Waals surface area contributed by atoms with Crippen molar-refractivity contribution < 1.29 is 0 Å². The first-order valence-electron chi connectivity index (χ1n) is 6.26. The van der Waals surface area contributed by atoms with Crippen LogP contribution in [-0.4, -0.2) is 30.6 Å². The van der Waals surface area contributed by atoms with Gasteiger partial charge in [0.05, 0.1) is 0 Å². The first-order valence-corrected chi connectivity index (χ1v) is 7.34. The highest BCUT2D eigenvalue weighted by atomic mass is 127. The molecule has 3 aliphatic heterocycles. The Balaban J connectivity index is 1.74. The van der Waals surface area contributed by atoms with Gasteiger partial charge in [0.25, 0.3) is 0 Å². The maximum absolute atomic E-state index is 5.78. The molecule has 1 aromatic rings. The molecule has 3 N–H and O–H groups in total. The van der Waals surface area contributed by atoms with Crippen LogP contribution in [0.5, 0.6) is 0 Å². The normalized spacial score (nSPS) is 31.5. The molecule has 3 heterocycles. The zero-order chi connectivity index (χ0) is 11.8. The fourth-order valence-electron chi connectivity index (χ4n) is 2.98. The number of piperidine rings is 3. The molecule has 0 radical (unpaired) electrons. The Labute approximate surface area is 116 Å². The molecule has 1 aromatic carbocycles. The second-order valence-electron chi connectivity index (χ2n) is 5.13. The topological polar surface area (TPSA) is 41.3 Å². The summed E-state index contributed by atoms with van der Waals surface area (Å²) in [5, 5.41) is 3.70. The third-order valence-corrected chi connectivity index (χ3v) is 4.88. The van der Waals surface area contributed by atoms with Crippen molar-refractivity contribution >= 4 is 34.0 Å². The standard InChI is InChI=1S/C13H18IN3/c14-11-7-10(15)1-2-12(11)16-13-8-17-5-3-9(13)4-6-17/h1-2,7,9,13,16H,3-6,8,15H2. The number of benzene rings is 1. The summed E-state index contributed by atoms with van der Waals surface area (Å²) in [6.07, 6.45) is 2.70. The SMILES string of the molecule is Nc1ccc(NC2CN3CCC2CC3)c(I)c1.